The van der Waals surface area contributed by atoms with Crippen molar-refractivity contribution in [3.8, 4) is 0 Å². The van der Waals surface area contributed by atoms with Crippen LogP contribution in [0.2, 0.25) is 0 Å². The summed E-state index contributed by atoms with van der Waals surface area (Å²) in [6.07, 6.45) is 3.19. The standard InChI is InChI=1S/C11H20O2/c1-11(2,3)9-6-5-8(7-9)10(12)13-4/h8-9H,5-7H2,1-4H3. The van der Waals surface area contributed by atoms with E-state index in [1.807, 2.05) is 0 Å². The molecule has 2 nitrogen and oxygen atoms in total. The lowest BCUT2D eigenvalue weighted by atomic mass is 9.79. The summed E-state index contributed by atoms with van der Waals surface area (Å²) >= 11 is 0. The second-order valence-electron chi connectivity index (χ2n) is 5.10. The number of carbonyl (C=O) groups is 1. The van der Waals surface area contributed by atoms with E-state index in [0.717, 1.165) is 12.8 Å². The van der Waals surface area contributed by atoms with Crippen molar-refractivity contribution < 1.29 is 9.53 Å². The Morgan fingerprint density at radius 2 is 1.92 bits per heavy atom. The van der Waals surface area contributed by atoms with Crippen LogP contribution in [0.1, 0.15) is 40.0 Å². The topological polar surface area (TPSA) is 26.3 Å². The number of ether oxygens (including phenoxy) is 1. The molecule has 0 heterocycles. The van der Waals surface area contributed by atoms with Crippen LogP contribution in [0.3, 0.4) is 0 Å². The van der Waals surface area contributed by atoms with E-state index in [1.54, 1.807) is 0 Å². The smallest absolute Gasteiger partial charge is 0.308 e. The number of carbonyl (C=O) groups excluding carboxylic acids is 1. The van der Waals surface area contributed by atoms with Crippen molar-refractivity contribution in [3.05, 3.63) is 0 Å². The van der Waals surface area contributed by atoms with Gasteiger partial charge in [0, 0.05) is 0 Å². The van der Waals surface area contributed by atoms with Crippen LogP contribution in [0.25, 0.3) is 0 Å². The summed E-state index contributed by atoms with van der Waals surface area (Å²) in [6, 6.07) is 0. The largest absolute Gasteiger partial charge is 0.469 e. The minimum absolute atomic E-state index is 0.0215. The fourth-order valence-corrected chi connectivity index (χ4v) is 2.15. The van der Waals surface area contributed by atoms with Crippen molar-refractivity contribution in [3.63, 3.8) is 0 Å². The Balaban J connectivity index is 2.50. The molecule has 2 atom stereocenters. The van der Waals surface area contributed by atoms with Crippen LogP contribution in [-0.2, 0) is 9.53 Å². The van der Waals surface area contributed by atoms with E-state index in [9.17, 15) is 4.79 Å². The zero-order chi connectivity index (χ0) is 10.1. The van der Waals surface area contributed by atoms with Crippen LogP contribution in [0.15, 0.2) is 0 Å². The molecule has 0 aromatic carbocycles. The average Bonchev–Trinajstić information content (AvgIpc) is 2.50. The molecule has 13 heavy (non-hydrogen) atoms. The molecule has 1 saturated carbocycles. The van der Waals surface area contributed by atoms with E-state index in [4.69, 9.17) is 4.74 Å². The molecule has 0 spiro atoms. The second-order valence-corrected chi connectivity index (χ2v) is 5.10. The Bertz CT molecular complexity index is 191. The van der Waals surface area contributed by atoms with Gasteiger partial charge in [-0.3, -0.25) is 4.79 Å². The SMILES string of the molecule is COC(=O)C1CCC(C(C)(C)C)C1. The first-order valence-corrected chi connectivity index (χ1v) is 5.03. The molecule has 2 heteroatoms. The lowest BCUT2D eigenvalue weighted by molar-refractivity contribution is -0.145. The molecule has 0 amide bonds. The lowest BCUT2D eigenvalue weighted by Crippen LogP contribution is -2.19. The highest BCUT2D eigenvalue weighted by Crippen LogP contribution is 2.42. The number of rotatable bonds is 1. The molecule has 1 aliphatic carbocycles. The fraction of sp³-hybridized carbons (Fsp3) is 0.909. The monoisotopic (exact) mass is 184 g/mol. The first-order chi connectivity index (χ1) is 5.95. The highest BCUT2D eigenvalue weighted by Gasteiger charge is 2.36. The van der Waals surface area contributed by atoms with Crippen LogP contribution >= 0.6 is 0 Å². The minimum atomic E-state index is -0.0215. The van der Waals surface area contributed by atoms with Crippen molar-refractivity contribution in [2.75, 3.05) is 7.11 Å². The molecule has 1 rings (SSSR count). The minimum Gasteiger partial charge on any atom is -0.469 e. The molecule has 0 aromatic heterocycles. The van der Waals surface area contributed by atoms with Gasteiger partial charge in [-0.25, -0.2) is 0 Å². The van der Waals surface area contributed by atoms with E-state index < -0.39 is 0 Å². The quantitative estimate of drug-likeness (QED) is 0.585. The van der Waals surface area contributed by atoms with Crippen molar-refractivity contribution in [1.29, 1.82) is 0 Å². The van der Waals surface area contributed by atoms with Gasteiger partial charge in [0.1, 0.15) is 0 Å². The summed E-state index contributed by atoms with van der Waals surface area (Å²) in [7, 11) is 1.48. The third kappa shape index (κ3) is 2.45. The Labute approximate surface area is 80.7 Å². The normalized spacial score (nSPS) is 28.9. The van der Waals surface area contributed by atoms with E-state index in [2.05, 4.69) is 20.8 Å². The predicted molar refractivity (Wildman–Crippen MR) is 52.3 cm³/mol. The fourth-order valence-electron chi connectivity index (χ4n) is 2.15. The van der Waals surface area contributed by atoms with Gasteiger partial charge in [0.15, 0.2) is 0 Å². The van der Waals surface area contributed by atoms with Gasteiger partial charge >= 0.3 is 5.97 Å². The van der Waals surface area contributed by atoms with Crippen molar-refractivity contribution in [1.82, 2.24) is 0 Å². The van der Waals surface area contributed by atoms with Gasteiger partial charge < -0.3 is 4.74 Å². The molecule has 2 unspecified atom stereocenters. The third-order valence-corrected chi connectivity index (χ3v) is 3.19. The molecule has 1 aliphatic rings. The van der Waals surface area contributed by atoms with Gasteiger partial charge in [0.25, 0.3) is 0 Å². The maximum absolute atomic E-state index is 11.3. The molecule has 0 bridgehead atoms. The summed E-state index contributed by atoms with van der Waals surface area (Å²) in [6.45, 7) is 6.74. The molecular weight excluding hydrogens is 164 g/mol. The van der Waals surface area contributed by atoms with Gasteiger partial charge in [-0.1, -0.05) is 20.8 Å². The van der Waals surface area contributed by atoms with E-state index in [0.29, 0.717) is 11.3 Å². The summed E-state index contributed by atoms with van der Waals surface area (Å²) in [5.74, 6) is 0.817. The number of esters is 1. The van der Waals surface area contributed by atoms with Crippen LogP contribution < -0.4 is 0 Å². The number of hydrogen-bond acceptors (Lipinski definition) is 2. The maximum atomic E-state index is 11.3. The lowest BCUT2D eigenvalue weighted by Gasteiger charge is -2.26. The van der Waals surface area contributed by atoms with Gasteiger partial charge in [0.2, 0.25) is 0 Å². The van der Waals surface area contributed by atoms with Crippen LogP contribution in [0, 0.1) is 17.3 Å². The number of methoxy groups -OCH3 is 1. The van der Waals surface area contributed by atoms with Gasteiger partial charge in [-0.15, -0.1) is 0 Å². The molecule has 0 N–H and O–H groups in total. The summed E-state index contributed by atoms with van der Waals surface area (Å²) in [4.78, 5) is 11.3. The zero-order valence-corrected chi connectivity index (χ0v) is 9.09. The molecule has 0 radical (unpaired) electrons. The third-order valence-electron chi connectivity index (χ3n) is 3.19. The van der Waals surface area contributed by atoms with Gasteiger partial charge in [-0.05, 0) is 30.6 Å². The molecule has 0 aliphatic heterocycles. The molecule has 0 saturated heterocycles. The van der Waals surface area contributed by atoms with Crippen LogP contribution in [0.4, 0.5) is 0 Å². The second kappa shape index (κ2) is 3.69. The molecule has 1 fully saturated rings. The first-order valence-electron chi connectivity index (χ1n) is 5.03. The van der Waals surface area contributed by atoms with Crippen LogP contribution in [-0.4, -0.2) is 13.1 Å². The van der Waals surface area contributed by atoms with Gasteiger partial charge in [0.05, 0.1) is 13.0 Å². The predicted octanol–water partition coefficient (Wildman–Crippen LogP) is 2.62. The summed E-state index contributed by atoms with van der Waals surface area (Å²) < 4.78 is 4.76. The first kappa shape index (κ1) is 10.6. The summed E-state index contributed by atoms with van der Waals surface area (Å²) in [5, 5.41) is 0. The highest BCUT2D eigenvalue weighted by molar-refractivity contribution is 5.72. The summed E-state index contributed by atoms with van der Waals surface area (Å²) in [5.41, 5.74) is 0.336. The van der Waals surface area contributed by atoms with Crippen LogP contribution in [0.5, 0.6) is 0 Å². The molecule has 0 aromatic rings. The Morgan fingerprint density at radius 1 is 1.31 bits per heavy atom. The highest BCUT2D eigenvalue weighted by atomic mass is 16.5. The van der Waals surface area contributed by atoms with Crippen molar-refractivity contribution in [2.24, 2.45) is 17.3 Å². The Kier molecular flexibility index (Phi) is 2.99. The average molecular weight is 184 g/mol. The zero-order valence-electron chi connectivity index (χ0n) is 9.09. The van der Waals surface area contributed by atoms with E-state index in [-0.39, 0.29) is 11.9 Å². The molecular formula is C11H20O2. The van der Waals surface area contributed by atoms with Gasteiger partial charge in [-0.2, -0.15) is 0 Å². The van der Waals surface area contributed by atoms with Crippen molar-refractivity contribution >= 4 is 5.97 Å². The Hall–Kier alpha value is -0.530. The van der Waals surface area contributed by atoms with E-state index >= 15 is 0 Å². The molecule has 76 valence electrons. The van der Waals surface area contributed by atoms with E-state index in [1.165, 1.54) is 13.5 Å². The Morgan fingerprint density at radius 3 is 2.31 bits per heavy atom. The maximum Gasteiger partial charge on any atom is 0.308 e. The number of hydrogen-bond donors (Lipinski definition) is 0. The van der Waals surface area contributed by atoms with Crippen molar-refractivity contribution in [2.45, 2.75) is 40.0 Å².